The lowest BCUT2D eigenvalue weighted by Gasteiger charge is -2.20. The summed E-state index contributed by atoms with van der Waals surface area (Å²) in [4.78, 5) is 8.52. The molecule has 0 spiro atoms. The molecule has 2 atom stereocenters. The van der Waals surface area contributed by atoms with E-state index in [9.17, 15) is 0 Å². The molecule has 1 rings (SSSR count). The number of aromatic nitrogens is 2. The lowest BCUT2D eigenvalue weighted by atomic mass is 10.1. The van der Waals surface area contributed by atoms with E-state index in [1.807, 2.05) is 19.9 Å². The van der Waals surface area contributed by atoms with Crippen LogP contribution in [0.2, 0.25) is 0 Å². The van der Waals surface area contributed by atoms with Crippen molar-refractivity contribution in [1.29, 1.82) is 0 Å². The molecule has 0 amide bonds. The van der Waals surface area contributed by atoms with Gasteiger partial charge in [0.1, 0.15) is 11.6 Å². The molecule has 1 N–H and O–H groups in total. The van der Waals surface area contributed by atoms with Gasteiger partial charge in [-0.25, -0.2) is 4.98 Å². The van der Waals surface area contributed by atoms with E-state index in [1.165, 1.54) is 0 Å². The van der Waals surface area contributed by atoms with Crippen LogP contribution in [0.15, 0.2) is 6.07 Å². The van der Waals surface area contributed by atoms with Gasteiger partial charge in [0, 0.05) is 18.0 Å². The minimum absolute atomic E-state index is 0.260. The Bertz CT molecular complexity index is 360. The number of ether oxygens (including phenoxy) is 1. The number of rotatable bonds is 6. The summed E-state index contributed by atoms with van der Waals surface area (Å²) >= 11 is 5.83. The fraction of sp³-hybridized carbons (Fsp3) is 0.667. The number of alkyl halides is 1. The lowest BCUT2D eigenvalue weighted by molar-refractivity contribution is 0.325. The molecule has 0 aliphatic heterocycles. The van der Waals surface area contributed by atoms with Crippen LogP contribution >= 0.6 is 11.6 Å². The Morgan fingerprint density at radius 3 is 2.71 bits per heavy atom. The van der Waals surface area contributed by atoms with E-state index < -0.39 is 0 Å². The molecule has 1 aromatic rings. The van der Waals surface area contributed by atoms with Crippen molar-refractivity contribution in [3.8, 4) is 5.88 Å². The van der Waals surface area contributed by atoms with Crippen LogP contribution in [-0.2, 0) is 0 Å². The van der Waals surface area contributed by atoms with Crippen molar-refractivity contribution in [2.24, 2.45) is 5.92 Å². The van der Waals surface area contributed by atoms with E-state index in [4.69, 9.17) is 16.3 Å². The summed E-state index contributed by atoms with van der Waals surface area (Å²) in [6.45, 7) is 8.57. The Labute approximate surface area is 108 Å². The van der Waals surface area contributed by atoms with Crippen molar-refractivity contribution in [2.45, 2.75) is 33.7 Å². The first-order valence-electron chi connectivity index (χ1n) is 5.87. The summed E-state index contributed by atoms with van der Waals surface area (Å²) in [6.07, 6.45) is 0. The van der Waals surface area contributed by atoms with E-state index in [0.717, 1.165) is 5.82 Å². The number of nitrogens with one attached hydrogen (secondary N) is 1. The molecular formula is C12H20ClN3O. The third-order valence-corrected chi connectivity index (χ3v) is 3.07. The molecule has 0 aliphatic carbocycles. The fourth-order valence-corrected chi connectivity index (χ4v) is 1.61. The summed E-state index contributed by atoms with van der Waals surface area (Å²) in [7, 11) is 0. The van der Waals surface area contributed by atoms with Gasteiger partial charge in [0.2, 0.25) is 5.88 Å². The molecule has 0 saturated heterocycles. The van der Waals surface area contributed by atoms with Gasteiger partial charge in [-0.1, -0.05) is 6.92 Å². The first-order valence-corrected chi connectivity index (χ1v) is 6.41. The Balaban J connectivity index is 2.76. The number of nitrogens with zero attached hydrogens (tertiary/aromatic N) is 2. The zero-order valence-electron chi connectivity index (χ0n) is 10.8. The fourth-order valence-electron chi connectivity index (χ4n) is 1.35. The minimum atomic E-state index is 0.260. The van der Waals surface area contributed by atoms with Crippen LogP contribution in [0.1, 0.15) is 26.6 Å². The smallest absolute Gasteiger partial charge is 0.218 e. The van der Waals surface area contributed by atoms with Gasteiger partial charge in [-0.15, -0.1) is 11.6 Å². The summed E-state index contributed by atoms with van der Waals surface area (Å²) < 4.78 is 5.38. The van der Waals surface area contributed by atoms with Crippen LogP contribution in [0.3, 0.4) is 0 Å². The zero-order valence-corrected chi connectivity index (χ0v) is 11.6. The van der Waals surface area contributed by atoms with Gasteiger partial charge >= 0.3 is 0 Å². The van der Waals surface area contributed by atoms with E-state index >= 15 is 0 Å². The molecule has 0 aromatic carbocycles. The summed E-state index contributed by atoms with van der Waals surface area (Å²) in [5.41, 5.74) is 0. The largest absolute Gasteiger partial charge is 0.478 e. The van der Waals surface area contributed by atoms with Crippen LogP contribution in [0, 0.1) is 12.8 Å². The van der Waals surface area contributed by atoms with E-state index in [2.05, 4.69) is 29.1 Å². The molecule has 96 valence electrons. The van der Waals surface area contributed by atoms with E-state index in [1.54, 1.807) is 0 Å². The van der Waals surface area contributed by atoms with Gasteiger partial charge in [-0.3, -0.25) is 0 Å². The Morgan fingerprint density at radius 1 is 1.41 bits per heavy atom. The third-order valence-electron chi connectivity index (χ3n) is 2.58. The molecule has 0 saturated carbocycles. The van der Waals surface area contributed by atoms with Gasteiger partial charge in [-0.2, -0.15) is 4.98 Å². The summed E-state index contributed by atoms with van der Waals surface area (Å²) in [5, 5.41) is 3.32. The highest BCUT2D eigenvalue weighted by Gasteiger charge is 2.12. The average molecular weight is 258 g/mol. The van der Waals surface area contributed by atoms with Gasteiger partial charge in [-0.05, 0) is 26.7 Å². The monoisotopic (exact) mass is 257 g/mol. The second-order valence-electron chi connectivity index (χ2n) is 4.14. The third kappa shape index (κ3) is 4.38. The molecule has 4 nitrogen and oxygen atoms in total. The molecule has 0 fully saturated rings. The van der Waals surface area contributed by atoms with E-state index in [-0.39, 0.29) is 6.04 Å². The molecule has 17 heavy (non-hydrogen) atoms. The molecule has 5 heteroatoms. The van der Waals surface area contributed by atoms with Crippen molar-refractivity contribution in [1.82, 2.24) is 9.97 Å². The normalized spacial score (nSPS) is 14.2. The highest BCUT2D eigenvalue weighted by atomic mass is 35.5. The molecular weight excluding hydrogens is 238 g/mol. The number of aryl methyl sites for hydroxylation is 1. The number of halogens is 1. The quantitative estimate of drug-likeness (QED) is 0.796. The first kappa shape index (κ1) is 14.0. The molecule has 2 unspecified atom stereocenters. The standard InChI is InChI=1S/C12H20ClN3O/c1-5-17-12-6-11(15-10(4)16-12)14-9(3)8(2)7-13/h6,8-9H,5,7H2,1-4H3,(H,14,15,16). The SMILES string of the molecule is CCOc1cc(NC(C)C(C)CCl)nc(C)n1. The highest BCUT2D eigenvalue weighted by Crippen LogP contribution is 2.16. The predicted octanol–water partition coefficient (Wildman–Crippen LogP) is 2.86. The van der Waals surface area contributed by atoms with Crippen molar-refractivity contribution in [3.05, 3.63) is 11.9 Å². The predicted molar refractivity (Wildman–Crippen MR) is 70.9 cm³/mol. The number of hydrogen-bond donors (Lipinski definition) is 1. The van der Waals surface area contributed by atoms with Crippen molar-refractivity contribution < 1.29 is 4.74 Å². The minimum Gasteiger partial charge on any atom is -0.478 e. The van der Waals surface area contributed by atoms with Crippen molar-refractivity contribution in [3.63, 3.8) is 0 Å². The average Bonchev–Trinajstić information content (AvgIpc) is 2.27. The van der Waals surface area contributed by atoms with Gasteiger partial charge in [0.05, 0.1) is 6.61 Å². The molecule has 0 radical (unpaired) electrons. The van der Waals surface area contributed by atoms with Crippen LogP contribution < -0.4 is 10.1 Å². The van der Waals surface area contributed by atoms with Crippen molar-refractivity contribution in [2.75, 3.05) is 17.8 Å². The summed E-state index contributed by atoms with van der Waals surface area (Å²) in [5.74, 6) is 3.08. The van der Waals surface area contributed by atoms with Crippen LogP contribution in [0.4, 0.5) is 5.82 Å². The van der Waals surface area contributed by atoms with Crippen LogP contribution in [0.25, 0.3) is 0 Å². The topological polar surface area (TPSA) is 47.0 Å². The highest BCUT2D eigenvalue weighted by molar-refractivity contribution is 6.18. The van der Waals surface area contributed by atoms with Gasteiger partial charge in [0.25, 0.3) is 0 Å². The lowest BCUT2D eigenvalue weighted by Crippen LogP contribution is -2.25. The van der Waals surface area contributed by atoms with Crippen LogP contribution in [-0.4, -0.2) is 28.5 Å². The maximum Gasteiger partial charge on any atom is 0.218 e. The first-order chi connectivity index (χ1) is 8.06. The molecule has 1 aromatic heterocycles. The molecule has 1 heterocycles. The Kier molecular flexibility index (Phi) is 5.48. The maximum atomic E-state index is 5.83. The Morgan fingerprint density at radius 2 is 2.12 bits per heavy atom. The Hall–Kier alpha value is -1.03. The van der Waals surface area contributed by atoms with Gasteiger partial charge < -0.3 is 10.1 Å². The molecule has 0 aliphatic rings. The van der Waals surface area contributed by atoms with E-state index in [0.29, 0.717) is 30.1 Å². The second-order valence-corrected chi connectivity index (χ2v) is 4.44. The maximum absolute atomic E-state index is 5.83. The number of hydrogen-bond acceptors (Lipinski definition) is 4. The molecule has 0 bridgehead atoms. The summed E-state index contributed by atoms with van der Waals surface area (Å²) in [6, 6.07) is 2.07. The van der Waals surface area contributed by atoms with Crippen molar-refractivity contribution >= 4 is 17.4 Å². The van der Waals surface area contributed by atoms with Crippen LogP contribution in [0.5, 0.6) is 5.88 Å². The zero-order chi connectivity index (χ0) is 12.8. The van der Waals surface area contributed by atoms with Gasteiger partial charge in [0.15, 0.2) is 0 Å². The number of anilines is 1. The second kappa shape index (κ2) is 6.64.